The molecule has 0 spiro atoms. The topological polar surface area (TPSA) is 26.7 Å². The average molecular weight is 266 g/mol. The van der Waals surface area contributed by atoms with Gasteiger partial charge in [0.2, 0.25) is 0 Å². The number of nitrogens with zero attached hydrogens (tertiary/aromatic N) is 2. The lowest BCUT2D eigenvalue weighted by Gasteiger charge is -2.31. The van der Waals surface area contributed by atoms with E-state index in [9.17, 15) is 9.50 Å². The number of aliphatic hydroxyl groups excluding tert-OH is 1. The van der Waals surface area contributed by atoms with Crippen LogP contribution in [0.4, 0.5) is 4.39 Å². The zero-order chi connectivity index (χ0) is 13.8. The zero-order valence-electron chi connectivity index (χ0n) is 11.7. The van der Waals surface area contributed by atoms with Crippen molar-refractivity contribution in [2.45, 2.75) is 25.0 Å². The van der Waals surface area contributed by atoms with E-state index in [0.717, 1.165) is 26.1 Å². The van der Waals surface area contributed by atoms with Crippen molar-refractivity contribution in [3.8, 4) is 0 Å². The van der Waals surface area contributed by atoms with Gasteiger partial charge in [-0.25, -0.2) is 4.39 Å². The first-order chi connectivity index (χ1) is 9.08. The van der Waals surface area contributed by atoms with E-state index >= 15 is 0 Å². The second kappa shape index (κ2) is 6.46. The Balaban J connectivity index is 2.05. The Bertz CT molecular complexity index is 413. The molecule has 1 aromatic carbocycles. The van der Waals surface area contributed by atoms with Crippen molar-refractivity contribution in [1.29, 1.82) is 0 Å². The number of halogens is 1. The van der Waals surface area contributed by atoms with Gasteiger partial charge in [-0.05, 0) is 45.2 Å². The van der Waals surface area contributed by atoms with Gasteiger partial charge in [-0.1, -0.05) is 18.2 Å². The van der Waals surface area contributed by atoms with Crippen LogP contribution in [0.1, 0.15) is 12.0 Å². The predicted octanol–water partition coefficient (Wildman–Crippen LogP) is 1.36. The molecule has 1 N–H and O–H groups in total. The van der Waals surface area contributed by atoms with Gasteiger partial charge in [0.15, 0.2) is 0 Å². The molecule has 1 heterocycles. The molecule has 0 saturated carbocycles. The standard InChI is InChI=1S/C15H23FN2O/c1-17-8-5-9-18(2)14(11-17)15(19)10-12-6-3-4-7-13(12)16/h3-4,6-7,14-15,19H,5,8-11H2,1-2H3. The molecular weight excluding hydrogens is 243 g/mol. The van der Waals surface area contributed by atoms with Gasteiger partial charge in [0.05, 0.1) is 6.10 Å². The Labute approximate surface area is 114 Å². The highest BCUT2D eigenvalue weighted by Gasteiger charge is 2.27. The van der Waals surface area contributed by atoms with Gasteiger partial charge in [0, 0.05) is 19.0 Å². The Kier molecular flexibility index (Phi) is 4.91. The van der Waals surface area contributed by atoms with Crippen molar-refractivity contribution in [3.63, 3.8) is 0 Å². The van der Waals surface area contributed by atoms with Crippen molar-refractivity contribution in [2.75, 3.05) is 33.7 Å². The molecule has 19 heavy (non-hydrogen) atoms. The molecule has 0 bridgehead atoms. The van der Waals surface area contributed by atoms with Crippen LogP contribution >= 0.6 is 0 Å². The fraction of sp³-hybridized carbons (Fsp3) is 0.600. The van der Waals surface area contributed by atoms with E-state index in [1.54, 1.807) is 12.1 Å². The van der Waals surface area contributed by atoms with E-state index in [2.05, 4.69) is 16.8 Å². The van der Waals surface area contributed by atoms with E-state index in [4.69, 9.17) is 0 Å². The first kappa shape index (κ1) is 14.4. The summed E-state index contributed by atoms with van der Waals surface area (Å²) >= 11 is 0. The molecular formula is C15H23FN2O. The maximum atomic E-state index is 13.6. The average Bonchev–Trinajstić information content (AvgIpc) is 2.54. The second-order valence-corrected chi connectivity index (χ2v) is 5.53. The molecule has 1 saturated heterocycles. The third-order valence-electron chi connectivity index (χ3n) is 3.95. The molecule has 3 nitrogen and oxygen atoms in total. The van der Waals surface area contributed by atoms with Crippen LogP contribution in [-0.4, -0.2) is 60.8 Å². The first-order valence-corrected chi connectivity index (χ1v) is 6.88. The van der Waals surface area contributed by atoms with E-state index in [1.807, 2.05) is 13.1 Å². The van der Waals surface area contributed by atoms with Gasteiger partial charge in [-0.3, -0.25) is 4.90 Å². The third-order valence-corrected chi connectivity index (χ3v) is 3.95. The summed E-state index contributed by atoms with van der Waals surface area (Å²) in [6.45, 7) is 2.85. The molecule has 4 heteroatoms. The van der Waals surface area contributed by atoms with Crippen molar-refractivity contribution in [2.24, 2.45) is 0 Å². The Hall–Kier alpha value is -0.970. The van der Waals surface area contributed by atoms with E-state index < -0.39 is 6.10 Å². The highest BCUT2D eigenvalue weighted by Crippen LogP contribution is 2.16. The van der Waals surface area contributed by atoms with Crippen molar-refractivity contribution in [1.82, 2.24) is 9.80 Å². The monoisotopic (exact) mass is 266 g/mol. The Morgan fingerprint density at radius 1 is 1.32 bits per heavy atom. The fourth-order valence-corrected chi connectivity index (χ4v) is 2.75. The van der Waals surface area contributed by atoms with Crippen LogP contribution in [0.3, 0.4) is 0 Å². The molecule has 1 aromatic rings. The summed E-state index contributed by atoms with van der Waals surface area (Å²) in [6, 6.07) is 6.75. The normalized spacial score (nSPS) is 24.1. The van der Waals surface area contributed by atoms with E-state index in [-0.39, 0.29) is 11.9 Å². The summed E-state index contributed by atoms with van der Waals surface area (Å²) in [5, 5.41) is 10.4. The second-order valence-electron chi connectivity index (χ2n) is 5.53. The molecule has 0 amide bonds. The van der Waals surface area contributed by atoms with E-state index in [1.165, 1.54) is 6.07 Å². The lowest BCUT2D eigenvalue weighted by atomic mass is 10.0. The molecule has 106 valence electrons. The minimum absolute atomic E-state index is 0.0621. The van der Waals surface area contributed by atoms with Crippen LogP contribution in [0.15, 0.2) is 24.3 Å². The van der Waals surface area contributed by atoms with Gasteiger partial charge < -0.3 is 10.0 Å². The fourth-order valence-electron chi connectivity index (χ4n) is 2.75. The van der Waals surface area contributed by atoms with Gasteiger partial charge in [0.1, 0.15) is 5.82 Å². The zero-order valence-corrected chi connectivity index (χ0v) is 11.7. The lowest BCUT2D eigenvalue weighted by molar-refractivity contribution is 0.0575. The Morgan fingerprint density at radius 3 is 2.79 bits per heavy atom. The molecule has 0 aromatic heterocycles. The molecule has 0 radical (unpaired) electrons. The summed E-state index contributed by atoms with van der Waals surface area (Å²) in [4.78, 5) is 4.42. The summed E-state index contributed by atoms with van der Waals surface area (Å²) in [5.41, 5.74) is 0.593. The smallest absolute Gasteiger partial charge is 0.126 e. The van der Waals surface area contributed by atoms with Crippen molar-refractivity contribution in [3.05, 3.63) is 35.6 Å². The van der Waals surface area contributed by atoms with Crippen LogP contribution in [0, 0.1) is 5.82 Å². The number of benzene rings is 1. The largest absolute Gasteiger partial charge is 0.391 e. The van der Waals surface area contributed by atoms with Crippen LogP contribution in [0.25, 0.3) is 0 Å². The number of rotatable bonds is 3. The number of hydrogen-bond donors (Lipinski definition) is 1. The van der Waals surface area contributed by atoms with Crippen LogP contribution < -0.4 is 0 Å². The SMILES string of the molecule is CN1CCCN(C)C(C(O)Cc2ccccc2F)C1. The molecule has 2 unspecified atom stereocenters. The minimum atomic E-state index is -0.539. The van der Waals surface area contributed by atoms with Gasteiger partial charge in [-0.15, -0.1) is 0 Å². The molecule has 2 rings (SSSR count). The maximum absolute atomic E-state index is 13.6. The van der Waals surface area contributed by atoms with Gasteiger partial charge >= 0.3 is 0 Å². The summed E-state index contributed by atoms with van der Waals surface area (Å²) in [5.74, 6) is -0.230. The number of hydrogen-bond acceptors (Lipinski definition) is 3. The molecule has 2 atom stereocenters. The molecule has 1 aliphatic rings. The van der Waals surface area contributed by atoms with Crippen molar-refractivity contribution < 1.29 is 9.50 Å². The third kappa shape index (κ3) is 3.75. The summed E-state index contributed by atoms with van der Waals surface area (Å²) in [6.07, 6.45) is 0.938. The quantitative estimate of drug-likeness (QED) is 0.895. The van der Waals surface area contributed by atoms with E-state index in [0.29, 0.717) is 12.0 Å². The number of aliphatic hydroxyl groups is 1. The molecule has 1 aliphatic heterocycles. The van der Waals surface area contributed by atoms with Crippen LogP contribution in [0.5, 0.6) is 0 Å². The molecule has 0 aliphatic carbocycles. The van der Waals surface area contributed by atoms with Crippen LogP contribution in [0.2, 0.25) is 0 Å². The highest BCUT2D eigenvalue weighted by molar-refractivity contribution is 5.18. The Morgan fingerprint density at radius 2 is 2.05 bits per heavy atom. The minimum Gasteiger partial charge on any atom is -0.391 e. The summed E-state index contributed by atoms with van der Waals surface area (Å²) < 4.78 is 13.6. The lowest BCUT2D eigenvalue weighted by Crippen LogP contribution is -2.47. The van der Waals surface area contributed by atoms with Crippen molar-refractivity contribution >= 4 is 0 Å². The predicted molar refractivity (Wildman–Crippen MR) is 74.6 cm³/mol. The first-order valence-electron chi connectivity index (χ1n) is 6.88. The van der Waals surface area contributed by atoms with Gasteiger partial charge in [-0.2, -0.15) is 0 Å². The molecule has 1 fully saturated rings. The summed E-state index contributed by atoms with van der Waals surface area (Å²) in [7, 11) is 4.11. The maximum Gasteiger partial charge on any atom is 0.126 e. The highest BCUT2D eigenvalue weighted by atomic mass is 19.1. The van der Waals surface area contributed by atoms with Crippen LogP contribution in [-0.2, 0) is 6.42 Å². The van der Waals surface area contributed by atoms with Gasteiger partial charge in [0.25, 0.3) is 0 Å². The number of likely N-dealkylation sites (N-methyl/N-ethyl adjacent to an activating group) is 2.